The third-order valence-electron chi connectivity index (χ3n) is 2.22. The number of nitrogens with one attached hydrogen (secondary N) is 2. The molecule has 0 unspecified atom stereocenters. The van der Waals surface area contributed by atoms with Crippen molar-refractivity contribution in [1.29, 1.82) is 0 Å². The van der Waals surface area contributed by atoms with Crippen molar-refractivity contribution in [2.45, 2.75) is 0 Å². The zero-order chi connectivity index (χ0) is 13.7. The van der Waals surface area contributed by atoms with Gasteiger partial charge in [-0.25, -0.2) is 19.6 Å². The van der Waals surface area contributed by atoms with Gasteiger partial charge in [-0.15, -0.1) is 0 Å². The van der Waals surface area contributed by atoms with Gasteiger partial charge in [0.05, 0.1) is 29.3 Å². The fourth-order valence-electron chi connectivity index (χ4n) is 1.43. The number of nitrogens with zero attached hydrogens (tertiary/aromatic N) is 2. The summed E-state index contributed by atoms with van der Waals surface area (Å²) in [5.41, 5.74) is 0.638. The van der Waals surface area contributed by atoms with Crippen LogP contribution in [0.2, 0.25) is 0 Å². The van der Waals surface area contributed by atoms with Gasteiger partial charge in [0.25, 0.3) is 0 Å². The molecule has 2 rings (SSSR count). The van der Waals surface area contributed by atoms with Gasteiger partial charge < -0.3 is 15.7 Å². The van der Waals surface area contributed by atoms with E-state index in [1.54, 1.807) is 12.1 Å². The first-order chi connectivity index (χ1) is 9.16. The predicted octanol–water partition coefficient (Wildman–Crippen LogP) is 1.82. The lowest BCUT2D eigenvalue weighted by Gasteiger charge is -2.09. The van der Waals surface area contributed by atoms with Gasteiger partial charge in [-0.3, -0.25) is 0 Å². The molecule has 0 aliphatic rings. The van der Waals surface area contributed by atoms with Crippen LogP contribution in [-0.2, 0) is 0 Å². The number of amides is 2. The number of carboxylic acids is 1. The molecule has 0 radical (unpaired) electrons. The van der Waals surface area contributed by atoms with Crippen molar-refractivity contribution in [2.24, 2.45) is 0 Å². The molecule has 2 aromatic rings. The summed E-state index contributed by atoms with van der Waals surface area (Å²) in [7, 11) is 0. The average molecular weight is 258 g/mol. The first-order valence-corrected chi connectivity index (χ1v) is 5.32. The number of aromatic carboxylic acids is 1. The van der Waals surface area contributed by atoms with Crippen molar-refractivity contribution in [2.75, 3.05) is 10.6 Å². The van der Waals surface area contributed by atoms with Crippen LogP contribution in [0.4, 0.5) is 16.2 Å². The Bertz CT molecular complexity index is 601. The van der Waals surface area contributed by atoms with Gasteiger partial charge >= 0.3 is 12.0 Å². The Hall–Kier alpha value is -2.96. The number of carboxylic acid groups (broad SMARTS) is 1. The van der Waals surface area contributed by atoms with E-state index in [0.29, 0.717) is 5.69 Å². The fourth-order valence-corrected chi connectivity index (χ4v) is 1.43. The van der Waals surface area contributed by atoms with Crippen LogP contribution in [0.5, 0.6) is 0 Å². The molecule has 1 aromatic carbocycles. The SMILES string of the molecule is O=C(Nc1cncnc1)Nc1ccccc1C(=O)O. The number of aromatic nitrogens is 2. The van der Waals surface area contributed by atoms with Crippen molar-refractivity contribution in [1.82, 2.24) is 9.97 Å². The van der Waals surface area contributed by atoms with Crippen LogP contribution in [-0.4, -0.2) is 27.1 Å². The highest BCUT2D eigenvalue weighted by Gasteiger charge is 2.11. The summed E-state index contributed by atoms with van der Waals surface area (Å²) in [4.78, 5) is 30.1. The number of hydrogen-bond donors (Lipinski definition) is 3. The molecule has 0 saturated heterocycles. The fraction of sp³-hybridized carbons (Fsp3) is 0. The van der Waals surface area contributed by atoms with E-state index in [2.05, 4.69) is 20.6 Å². The molecule has 7 heteroatoms. The lowest BCUT2D eigenvalue weighted by atomic mass is 10.2. The maximum absolute atomic E-state index is 11.7. The van der Waals surface area contributed by atoms with Crippen molar-refractivity contribution in [3.63, 3.8) is 0 Å². The first kappa shape index (κ1) is 12.5. The molecule has 1 heterocycles. The third-order valence-corrected chi connectivity index (χ3v) is 2.22. The van der Waals surface area contributed by atoms with E-state index in [9.17, 15) is 9.59 Å². The summed E-state index contributed by atoms with van der Waals surface area (Å²) >= 11 is 0. The molecule has 1 aromatic heterocycles. The second-order valence-corrected chi connectivity index (χ2v) is 3.56. The lowest BCUT2D eigenvalue weighted by molar-refractivity contribution is 0.0698. The van der Waals surface area contributed by atoms with Gasteiger partial charge in [0, 0.05) is 0 Å². The van der Waals surface area contributed by atoms with E-state index in [0.717, 1.165) is 0 Å². The molecular weight excluding hydrogens is 248 g/mol. The Morgan fingerprint density at radius 3 is 2.42 bits per heavy atom. The number of para-hydroxylation sites is 1. The molecule has 0 saturated carbocycles. The Kier molecular flexibility index (Phi) is 3.67. The van der Waals surface area contributed by atoms with Crippen LogP contribution in [0, 0.1) is 0 Å². The first-order valence-electron chi connectivity index (χ1n) is 5.32. The van der Waals surface area contributed by atoms with Crippen molar-refractivity contribution in [3.05, 3.63) is 48.5 Å². The molecule has 0 aliphatic carbocycles. The number of urea groups is 1. The molecule has 0 atom stereocenters. The summed E-state index contributed by atoms with van der Waals surface area (Å²) in [5.74, 6) is -1.11. The van der Waals surface area contributed by atoms with E-state index in [-0.39, 0.29) is 11.3 Å². The summed E-state index contributed by atoms with van der Waals surface area (Å²) < 4.78 is 0. The van der Waals surface area contributed by atoms with E-state index < -0.39 is 12.0 Å². The van der Waals surface area contributed by atoms with Crippen molar-refractivity contribution in [3.8, 4) is 0 Å². The smallest absolute Gasteiger partial charge is 0.337 e. The maximum Gasteiger partial charge on any atom is 0.337 e. The van der Waals surface area contributed by atoms with Crippen LogP contribution in [0.25, 0.3) is 0 Å². The highest BCUT2D eigenvalue weighted by molar-refractivity contribution is 6.04. The second-order valence-electron chi connectivity index (χ2n) is 3.56. The monoisotopic (exact) mass is 258 g/mol. The highest BCUT2D eigenvalue weighted by Crippen LogP contribution is 2.15. The predicted molar refractivity (Wildman–Crippen MR) is 68.1 cm³/mol. The van der Waals surface area contributed by atoms with Gasteiger partial charge in [-0.1, -0.05) is 12.1 Å². The van der Waals surface area contributed by atoms with Crippen molar-refractivity contribution < 1.29 is 14.7 Å². The molecular formula is C12H10N4O3. The Morgan fingerprint density at radius 1 is 1.05 bits per heavy atom. The van der Waals surface area contributed by atoms with Gasteiger partial charge in [-0.2, -0.15) is 0 Å². The standard InChI is InChI=1S/C12H10N4O3/c17-11(18)9-3-1-2-4-10(9)16-12(19)15-8-5-13-7-14-6-8/h1-7H,(H,17,18)(H2,15,16,19). The number of anilines is 2. The summed E-state index contributed by atoms with van der Waals surface area (Å²) in [5, 5.41) is 13.9. The number of rotatable bonds is 3. The average Bonchev–Trinajstić information content (AvgIpc) is 2.40. The van der Waals surface area contributed by atoms with Crippen LogP contribution in [0.3, 0.4) is 0 Å². The highest BCUT2D eigenvalue weighted by atomic mass is 16.4. The normalized spacial score (nSPS) is 9.68. The molecule has 19 heavy (non-hydrogen) atoms. The van der Waals surface area contributed by atoms with Gasteiger partial charge in [-0.05, 0) is 12.1 Å². The summed E-state index contributed by atoms with van der Waals surface area (Å²) in [6, 6.07) is 5.56. The van der Waals surface area contributed by atoms with E-state index in [1.165, 1.54) is 30.9 Å². The molecule has 0 spiro atoms. The van der Waals surface area contributed by atoms with Crippen molar-refractivity contribution >= 4 is 23.4 Å². The molecule has 3 N–H and O–H groups in total. The van der Waals surface area contributed by atoms with Crippen LogP contribution >= 0.6 is 0 Å². The zero-order valence-corrected chi connectivity index (χ0v) is 9.70. The summed E-state index contributed by atoms with van der Waals surface area (Å²) in [6.07, 6.45) is 4.19. The van der Waals surface area contributed by atoms with Crippen LogP contribution < -0.4 is 10.6 Å². The Labute approximate surface area is 108 Å². The number of carbonyl (C=O) groups is 2. The molecule has 0 aliphatic heterocycles. The number of carbonyl (C=O) groups excluding carboxylic acids is 1. The second kappa shape index (κ2) is 5.58. The van der Waals surface area contributed by atoms with Gasteiger partial charge in [0.2, 0.25) is 0 Å². The van der Waals surface area contributed by atoms with E-state index in [1.807, 2.05) is 0 Å². The third kappa shape index (κ3) is 3.25. The van der Waals surface area contributed by atoms with Gasteiger partial charge in [0.1, 0.15) is 6.33 Å². The minimum absolute atomic E-state index is 0.0157. The maximum atomic E-state index is 11.7. The van der Waals surface area contributed by atoms with Gasteiger partial charge in [0.15, 0.2) is 0 Å². The molecule has 7 nitrogen and oxygen atoms in total. The Balaban J connectivity index is 2.09. The van der Waals surface area contributed by atoms with E-state index in [4.69, 9.17) is 5.11 Å². The molecule has 0 fully saturated rings. The Morgan fingerprint density at radius 2 is 1.74 bits per heavy atom. The minimum Gasteiger partial charge on any atom is -0.478 e. The minimum atomic E-state index is -1.11. The molecule has 96 valence electrons. The van der Waals surface area contributed by atoms with Crippen LogP contribution in [0.15, 0.2) is 43.0 Å². The number of benzene rings is 1. The zero-order valence-electron chi connectivity index (χ0n) is 9.70. The quantitative estimate of drug-likeness (QED) is 0.778. The largest absolute Gasteiger partial charge is 0.478 e. The van der Waals surface area contributed by atoms with E-state index >= 15 is 0 Å². The topological polar surface area (TPSA) is 104 Å². The number of hydrogen-bond acceptors (Lipinski definition) is 4. The lowest BCUT2D eigenvalue weighted by Crippen LogP contribution is -2.21. The van der Waals surface area contributed by atoms with Crippen LogP contribution in [0.1, 0.15) is 10.4 Å². The molecule has 2 amide bonds. The summed E-state index contributed by atoms with van der Waals surface area (Å²) in [6.45, 7) is 0. The molecule has 0 bridgehead atoms.